The molecule has 41 heavy (non-hydrogen) atoms. The average Bonchev–Trinajstić information content (AvgIpc) is 3.36. The first-order chi connectivity index (χ1) is 19.5. The van der Waals surface area contributed by atoms with E-state index in [4.69, 9.17) is 4.74 Å². The van der Waals surface area contributed by atoms with Crippen molar-refractivity contribution >= 4 is 21.7 Å². The van der Waals surface area contributed by atoms with Crippen LogP contribution < -0.4 is 14.8 Å². The molecule has 2 aromatic rings. The molecule has 1 aliphatic carbocycles. The molecule has 0 unspecified atom stereocenters. The Kier molecular flexibility index (Phi) is 10.5. The van der Waals surface area contributed by atoms with Crippen molar-refractivity contribution in [2.24, 2.45) is 11.8 Å². The first-order valence-electron chi connectivity index (χ1n) is 14.5. The minimum absolute atomic E-state index is 0.0428. The van der Waals surface area contributed by atoms with E-state index in [2.05, 4.69) is 24.9 Å². The highest BCUT2D eigenvalue weighted by atomic mass is 32.2. The van der Waals surface area contributed by atoms with Crippen molar-refractivity contribution in [2.45, 2.75) is 65.0 Å². The van der Waals surface area contributed by atoms with E-state index >= 15 is 0 Å². The second-order valence-electron chi connectivity index (χ2n) is 11.6. The van der Waals surface area contributed by atoms with Gasteiger partial charge in [0.15, 0.2) is 11.6 Å². The monoisotopic (exact) mass is 590 g/mol. The van der Waals surface area contributed by atoms with Gasteiger partial charge in [-0.25, -0.2) is 27.5 Å². The van der Waals surface area contributed by atoms with Gasteiger partial charge in [0.2, 0.25) is 10.0 Å². The molecule has 1 aromatic heterocycles. The molecule has 2 heterocycles. The molecule has 1 aliphatic heterocycles. The highest BCUT2D eigenvalue weighted by molar-refractivity contribution is 7.88. The first-order valence-corrected chi connectivity index (χ1v) is 16.4. The smallest absolute Gasteiger partial charge is 0.257 e. The number of hydrogen-bond acceptors (Lipinski definition) is 8. The van der Waals surface area contributed by atoms with Crippen LogP contribution in [0.15, 0.2) is 30.7 Å². The lowest BCUT2D eigenvalue weighted by Crippen LogP contribution is -2.39. The summed E-state index contributed by atoms with van der Waals surface area (Å²) < 4.78 is 46.0. The maximum atomic E-state index is 14.2. The Hall–Kier alpha value is -2.83. The van der Waals surface area contributed by atoms with Crippen LogP contribution in [0.25, 0.3) is 0 Å². The molecule has 1 saturated heterocycles. The third-order valence-electron chi connectivity index (χ3n) is 7.97. The zero-order chi connectivity index (χ0) is 29.6. The van der Waals surface area contributed by atoms with Crippen LogP contribution in [-0.2, 0) is 10.0 Å². The van der Waals surface area contributed by atoms with Gasteiger partial charge in [0.25, 0.3) is 5.91 Å². The summed E-state index contributed by atoms with van der Waals surface area (Å²) in [7, 11) is -3.15. The van der Waals surface area contributed by atoms with Crippen LogP contribution in [0.1, 0.15) is 63.2 Å². The standard InChI is InChI=1S/C29H43FN6O4S/c1-5-36(20(2)3)29(37)25-14-23(30)8-11-26(25)40-27-16-31-19-33-28(27)32-15-22-12-13-35(18-22)17-21-6-9-24(10-7-21)34-41(4,38)39/h8,11,14,16,19-22,24,34H,5-7,9-10,12-13,15,17-18H2,1-4H3,(H,31,32,33)/t21?,22-,24?/m1/s1. The van der Waals surface area contributed by atoms with E-state index in [9.17, 15) is 17.6 Å². The quantitative estimate of drug-likeness (QED) is 0.379. The van der Waals surface area contributed by atoms with E-state index < -0.39 is 15.8 Å². The van der Waals surface area contributed by atoms with Gasteiger partial charge in [-0.2, -0.15) is 0 Å². The number of halogens is 1. The Balaban J connectivity index is 1.32. The summed E-state index contributed by atoms with van der Waals surface area (Å²) in [6, 6.07) is 3.97. The van der Waals surface area contributed by atoms with Crippen LogP contribution in [0.4, 0.5) is 10.2 Å². The maximum Gasteiger partial charge on any atom is 0.257 e. The normalized spacial score (nSPS) is 21.7. The van der Waals surface area contributed by atoms with Gasteiger partial charge in [0.1, 0.15) is 17.9 Å². The summed E-state index contributed by atoms with van der Waals surface area (Å²) >= 11 is 0. The van der Waals surface area contributed by atoms with Crippen LogP contribution in [-0.4, -0.2) is 85.2 Å². The fourth-order valence-electron chi connectivity index (χ4n) is 5.92. The number of nitrogens with zero attached hydrogens (tertiary/aromatic N) is 4. The molecular formula is C29H43FN6O4S. The zero-order valence-electron chi connectivity index (χ0n) is 24.5. The van der Waals surface area contributed by atoms with Gasteiger partial charge in [0.05, 0.1) is 18.0 Å². The molecule has 4 rings (SSSR count). The molecule has 1 saturated carbocycles. The molecule has 0 radical (unpaired) electrons. The van der Waals surface area contributed by atoms with Crippen molar-refractivity contribution in [3.8, 4) is 11.5 Å². The minimum atomic E-state index is -3.15. The third-order valence-corrected chi connectivity index (χ3v) is 8.73. The SMILES string of the molecule is CCN(C(=O)c1cc(F)ccc1Oc1cncnc1NC[C@H]1CCN(CC2CCC(NS(C)(=O)=O)CC2)C1)C(C)C. The van der Waals surface area contributed by atoms with Crippen LogP contribution >= 0.6 is 0 Å². The molecule has 10 nitrogen and oxygen atoms in total. The Morgan fingerprint density at radius 1 is 1.17 bits per heavy atom. The number of sulfonamides is 1. The van der Waals surface area contributed by atoms with Crippen LogP contribution in [0.3, 0.4) is 0 Å². The molecule has 0 spiro atoms. The lowest BCUT2D eigenvalue weighted by atomic mass is 9.86. The van der Waals surface area contributed by atoms with Crippen molar-refractivity contribution in [1.82, 2.24) is 24.5 Å². The third kappa shape index (κ3) is 8.83. The van der Waals surface area contributed by atoms with Gasteiger partial charge < -0.3 is 19.9 Å². The Labute approximate surface area is 243 Å². The lowest BCUT2D eigenvalue weighted by Gasteiger charge is -2.31. The summed E-state index contributed by atoms with van der Waals surface area (Å²) in [5, 5.41) is 3.40. The number of carbonyl (C=O) groups is 1. The molecular weight excluding hydrogens is 547 g/mol. The predicted octanol–water partition coefficient (Wildman–Crippen LogP) is 4.12. The fourth-order valence-corrected chi connectivity index (χ4v) is 6.76. The van der Waals surface area contributed by atoms with E-state index in [1.54, 1.807) is 11.1 Å². The number of aromatic nitrogens is 2. The number of rotatable bonds is 12. The minimum Gasteiger partial charge on any atom is -0.451 e. The molecule has 2 fully saturated rings. The van der Waals surface area contributed by atoms with Crippen LogP contribution in [0, 0.1) is 17.7 Å². The van der Waals surface area contributed by atoms with E-state index in [-0.39, 0.29) is 29.3 Å². The van der Waals surface area contributed by atoms with Crippen molar-refractivity contribution in [3.63, 3.8) is 0 Å². The van der Waals surface area contributed by atoms with E-state index in [1.807, 2.05) is 20.8 Å². The van der Waals surface area contributed by atoms with Gasteiger partial charge >= 0.3 is 0 Å². The molecule has 0 bridgehead atoms. The van der Waals surface area contributed by atoms with Gasteiger partial charge in [-0.05, 0) is 89.5 Å². The molecule has 1 amide bonds. The fraction of sp³-hybridized carbons (Fsp3) is 0.621. The van der Waals surface area contributed by atoms with Crippen LogP contribution in [0.5, 0.6) is 11.5 Å². The molecule has 1 atom stereocenters. The summed E-state index contributed by atoms with van der Waals surface area (Å²) in [6.07, 6.45) is 9.14. The number of hydrogen-bond donors (Lipinski definition) is 2. The highest BCUT2D eigenvalue weighted by Crippen LogP contribution is 2.32. The van der Waals surface area contributed by atoms with Crippen molar-refractivity contribution < 1.29 is 22.3 Å². The number of carbonyl (C=O) groups excluding carboxylic acids is 1. The topological polar surface area (TPSA) is 117 Å². The van der Waals surface area contributed by atoms with E-state index in [0.29, 0.717) is 36.5 Å². The zero-order valence-corrected chi connectivity index (χ0v) is 25.3. The number of nitrogens with one attached hydrogen (secondary N) is 2. The van der Waals surface area contributed by atoms with Crippen molar-refractivity contribution in [3.05, 3.63) is 42.1 Å². The first kappa shape index (κ1) is 31.1. The number of amides is 1. The average molecular weight is 591 g/mol. The molecule has 2 aliphatic rings. The second-order valence-corrected chi connectivity index (χ2v) is 13.3. The number of ether oxygens (including phenoxy) is 1. The summed E-state index contributed by atoms with van der Waals surface area (Å²) in [6.45, 7) is 9.98. The lowest BCUT2D eigenvalue weighted by molar-refractivity contribution is 0.0713. The Morgan fingerprint density at radius 3 is 2.61 bits per heavy atom. The van der Waals surface area contributed by atoms with Crippen molar-refractivity contribution in [2.75, 3.05) is 44.3 Å². The van der Waals surface area contributed by atoms with E-state index in [0.717, 1.165) is 51.7 Å². The van der Waals surface area contributed by atoms with E-state index in [1.165, 1.54) is 30.8 Å². The molecule has 226 valence electrons. The van der Waals surface area contributed by atoms with Gasteiger partial charge in [-0.15, -0.1) is 0 Å². The maximum absolute atomic E-state index is 14.2. The molecule has 12 heteroatoms. The van der Waals surface area contributed by atoms with Gasteiger partial charge in [-0.3, -0.25) is 4.79 Å². The number of benzene rings is 1. The highest BCUT2D eigenvalue weighted by Gasteiger charge is 2.29. The Bertz CT molecular complexity index is 1290. The summed E-state index contributed by atoms with van der Waals surface area (Å²) in [5.74, 6) is 1.37. The second kappa shape index (κ2) is 13.9. The Morgan fingerprint density at radius 2 is 1.93 bits per heavy atom. The largest absolute Gasteiger partial charge is 0.451 e. The summed E-state index contributed by atoms with van der Waals surface area (Å²) in [4.78, 5) is 25.8. The number of anilines is 1. The van der Waals surface area contributed by atoms with Gasteiger partial charge in [-0.1, -0.05) is 0 Å². The van der Waals surface area contributed by atoms with Crippen molar-refractivity contribution in [1.29, 1.82) is 0 Å². The summed E-state index contributed by atoms with van der Waals surface area (Å²) in [5.41, 5.74) is 0.155. The van der Waals surface area contributed by atoms with Gasteiger partial charge in [0, 0.05) is 38.3 Å². The predicted molar refractivity (Wildman–Crippen MR) is 157 cm³/mol. The van der Waals surface area contributed by atoms with Crippen LogP contribution in [0.2, 0.25) is 0 Å². The molecule has 2 N–H and O–H groups in total. The molecule has 1 aromatic carbocycles. The number of likely N-dealkylation sites (tertiary alicyclic amines) is 1.